The third-order valence-electron chi connectivity index (χ3n) is 4.89. The molecule has 13 heteroatoms. The molecule has 32 heavy (non-hydrogen) atoms. The Morgan fingerprint density at radius 3 is 1.47 bits per heavy atom. The van der Waals surface area contributed by atoms with Gasteiger partial charge in [-0.1, -0.05) is 24.1 Å². The molecule has 0 bridgehead atoms. The zero-order valence-electron chi connectivity index (χ0n) is 15.7. The highest BCUT2D eigenvalue weighted by molar-refractivity contribution is 7.87. The Morgan fingerprint density at radius 1 is 0.688 bits per heavy atom. The lowest BCUT2D eigenvalue weighted by Gasteiger charge is -2.18. The van der Waals surface area contributed by atoms with Gasteiger partial charge in [0.25, 0.3) is 30.4 Å². The fourth-order valence-electron chi connectivity index (χ4n) is 3.75. The van der Waals surface area contributed by atoms with Crippen molar-refractivity contribution in [1.82, 2.24) is 0 Å². The summed E-state index contributed by atoms with van der Waals surface area (Å²) in [6, 6.07) is 6.60. The second-order valence-electron chi connectivity index (χ2n) is 6.74. The van der Waals surface area contributed by atoms with Crippen LogP contribution in [-0.2, 0) is 30.4 Å². The van der Waals surface area contributed by atoms with E-state index in [4.69, 9.17) is 11.2 Å². The van der Waals surface area contributed by atoms with E-state index in [9.17, 15) is 38.9 Å². The first kappa shape index (κ1) is 22.2. The fourth-order valence-corrected chi connectivity index (χ4v) is 5.95. The van der Waals surface area contributed by atoms with E-state index in [1.807, 2.05) is 0 Å². The minimum atomic E-state index is -4.97. The van der Waals surface area contributed by atoms with Crippen LogP contribution in [0.15, 0.2) is 51.1 Å². The molecule has 4 rings (SSSR count). The lowest BCUT2D eigenvalue weighted by molar-refractivity contribution is 0.373. The van der Waals surface area contributed by atoms with Crippen molar-refractivity contribution in [2.75, 3.05) is 6.61 Å². The summed E-state index contributed by atoms with van der Waals surface area (Å²) in [5.74, 6) is 2.12. The van der Waals surface area contributed by atoms with Crippen LogP contribution in [0.2, 0.25) is 0 Å². The van der Waals surface area contributed by atoms with Crippen LogP contribution in [0.5, 0.6) is 5.75 Å². The summed E-state index contributed by atoms with van der Waals surface area (Å²) < 4.78 is 107. The molecule has 4 aromatic rings. The van der Waals surface area contributed by atoms with Crippen LogP contribution in [0.3, 0.4) is 0 Å². The maximum absolute atomic E-state index is 12.0. The van der Waals surface area contributed by atoms with Crippen LogP contribution < -0.4 is 4.74 Å². The maximum atomic E-state index is 12.0. The third-order valence-corrected chi connectivity index (χ3v) is 7.57. The van der Waals surface area contributed by atoms with Gasteiger partial charge in [-0.15, -0.1) is 6.42 Å². The Labute approximate surface area is 182 Å². The van der Waals surface area contributed by atoms with Crippen LogP contribution >= 0.6 is 0 Å². The summed E-state index contributed by atoms with van der Waals surface area (Å²) in [6.07, 6.45) is 5.19. The molecule has 166 valence electrons. The molecule has 0 radical (unpaired) electrons. The second kappa shape index (κ2) is 7.01. The molecule has 0 fully saturated rings. The zero-order valence-corrected chi connectivity index (χ0v) is 18.1. The first-order valence-electron chi connectivity index (χ1n) is 8.52. The molecular formula is C19H12O10S3. The number of benzene rings is 4. The van der Waals surface area contributed by atoms with Gasteiger partial charge < -0.3 is 4.74 Å². The van der Waals surface area contributed by atoms with Crippen LogP contribution in [0.1, 0.15) is 0 Å². The molecule has 0 saturated heterocycles. The van der Waals surface area contributed by atoms with Gasteiger partial charge in [0.1, 0.15) is 27.0 Å². The lowest BCUT2D eigenvalue weighted by atomic mass is 9.93. The van der Waals surface area contributed by atoms with Crippen LogP contribution in [0.25, 0.3) is 32.3 Å². The van der Waals surface area contributed by atoms with E-state index < -0.39 is 45.0 Å². The lowest BCUT2D eigenvalue weighted by Crippen LogP contribution is -2.07. The van der Waals surface area contributed by atoms with Gasteiger partial charge in [0.2, 0.25) is 0 Å². The SMILES string of the molecule is C#CCOc1cc(S(=O)(=O)O)c2ccc3c(S(=O)(=O)O)cc(S(=O)(=O)O)c4ccc1c2c43. The van der Waals surface area contributed by atoms with E-state index in [0.29, 0.717) is 6.07 Å². The van der Waals surface area contributed by atoms with Crippen molar-refractivity contribution in [3.63, 3.8) is 0 Å². The predicted molar refractivity (Wildman–Crippen MR) is 114 cm³/mol. The van der Waals surface area contributed by atoms with Gasteiger partial charge in [0.05, 0.1) is 0 Å². The standard InChI is InChI=1S/C19H12O10S3/c1-2-7-29-14-8-15(30(20,21)22)11-5-6-13-17(32(26,27)28)9-16(31(23,24)25)12-4-3-10(14)18(11)19(12)13/h1,3-6,8-9H,7H2,(H,20,21,22)(H,23,24,25)(H,26,27,28). The monoisotopic (exact) mass is 496 g/mol. The van der Waals surface area contributed by atoms with E-state index in [0.717, 1.165) is 12.1 Å². The van der Waals surface area contributed by atoms with Gasteiger partial charge in [0, 0.05) is 38.4 Å². The number of ether oxygens (including phenoxy) is 1. The zero-order chi connectivity index (χ0) is 23.6. The summed E-state index contributed by atoms with van der Waals surface area (Å²) in [5, 5.41) is -0.250. The molecular weight excluding hydrogens is 484 g/mol. The third kappa shape index (κ3) is 3.43. The highest BCUT2D eigenvalue weighted by Gasteiger charge is 2.28. The fraction of sp³-hybridized carbons (Fsp3) is 0.0526. The van der Waals surface area contributed by atoms with Crippen molar-refractivity contribution in [3.8, 4) is 18.1 Å². The first-order valence-corrected chi connectivity index (χ1v) is 12.8. The smallest absolute Gasteiger partial charge is 0.295 e. The van der Waals surface area contributed by atoms with Crippen molar-refractivity contribution in [2.24, 2.45) is 0 Å². The minimum Gasteiger partial charge on any atom is -0.480 e. The van der Waals surface area contributed by atoms with Gasteiger partial charge in [-0.2, -0.15) is 25.3 Å². The Hall–Kier alpha value is -2.99. The van der Waals surface area contributed by atoms with E-state index in [2.05, 4.69) is 5.92 Å². The molecule has 0 aliphatic heterocycles. The van der Waals surface area contributed by atoms with Gasteiger partial charge >= 0.3 is 0 Å². The quantitative estimate of drug-likeness (QED) is 0.211. The number of rotatable bonds is 5. The molecule has 0 amide bonds. The molecule has 0 heterocycles. The topological polar surface area (TPSA) is 172 Å². The number of terminal acetylenes is 1. The van der Waals surface area contributed by atoms with Crippen molar-refractivity contribution in [2.45, 2.75) is 14.7 Å². The maximum Gasteiger partial charge on any atom is 0.295 e. The molecule has 4 aromatic carbocycles. The Balaban J connectivity index is 2.40. The Morgan fingerprint density at radius 2 is 1.06 bits per heavy atom. The largest absolute Gasteiger partial charge is 0.480 e. The van der Waals surface area contributed by atoms with Crippen molar-refractivity contribution in [3.05, 3.63) is 36.4 Å². The van der Waals surface area contributed by atoms with E-state index in [1.54, 1.807) is 0 Å². The Bertz CT molecular complexity index is 1740. The van der Waals surface area contributed by atoms with Crippen molar-refractivity contribution in [1.29, 1.82) is 0 Å². The molecule has 0 saturated carbocycles. The summed E-state index contributed by atoms with van der Waals surface area (Å²) in [4.78, 5) is -2.25. The molecule has 0 spiro atoms. The average molecular weight is 496 g/mol. The molecule has 10 nitrogen and oxygen atoms in total. The number of hydrogen-bond acceptors (Lipinski definition) is 7. The molecule has 0 aliphatic rings. The van der Waals surface area contributed by atoms with E-state index in [1.165, 1.54) is 18.2 Å². The van der Waals surface area contributed by atoms with Crippen molar-refractivity contribution < 1.29 is 43.6 Å². The van der Waals surface area contributed by atoms with Crippen LogP contribution in [0.4, 0.5) is 0 Å². The summed E-state index contributed by atoms with van der Waals surface area (Å²) in [5.41, 5.74) is 0. The van der Waals surface area contributed by atoms with Crippen LogP contribution in [0, 0.1) is 12.3 Å². The predicted octanol–water partition coefficient (Wildman–Crippen LogP) is 2.34. The first-order chi connectivity index (χ1) is 14.7. The van der Waals surface area contributed by atoms with Crippen LogP contribution in [-0.4, -0.2) is 45.5 Å². The van der Waals surface area contributed by atoms with Gasteiger partial charge in [-0.25, -0.2) is 0 Å². The van der Waals surface area contributed by atoms with Crippen molar-refractivity contribution >= 4 is 62.7 Å². The van der Waals surface area contributed by atoms with Gasteiger partial charge in [0.15, 0.2) is 0 Å². The second-order valence-corrected chi connectivity index (χ2v) is 10.9. The molecule has 0 atom stereocenters. The van der Waals surface area contributed by atoms with Gasteiger partial charge in [-0.3, -0.25) is 13.7 Å². The average Bonchev–Trinajstić information content (AvgIpc) is 2.67. The van der Waals surface area contributed by atoms with E-state index in [-0.39, 0.29) is 44.7 Å². The Kier molecular flexibility index (Phi) is 4.86. The molecule has 0 aliphatic carbocycles. The molecule has 3 N–H and O–H groups in total. The summed E-state index contributed by atoms with van der Waals surface area (Å²) in [6.45, 7) is -0.276. The molecule has 0 unspecified atom stereocenters. The molecule has 0 aromatic heterocycles. The van der Waals surface area contributed by atoms with Gasteiger partial charge in [-0.05, 0) is 12.1 Å². The summed E-state index contributed by atoms with van der Waals surface area (Å²) in [7, 11) is -14.8. The number of hydrogen-bond donors (Lipinski definition) is 3. The highest BCUT2D eigenvalue weighted by atomic mass is 32.2. The normalized spacial score (nSPS) is 13.1. The van der Waals surface area contributed by atoms with E-state index >= 15 is 0 Å². The highest BCUT2D eigenvalue weighted by Crippen LogP contribution is 2.45. The minimum absolute atomic E-state index is 0.0116. The summed E-state index contributed by atoms with van der Waals surface area (Å²) >= 11 is 0.